The predicted octanol–water partition coefficient (Wildman–Crippen LogP) is 1.60. The lowest BCUT2D eigenvalue weighted by molar-refractivity contribution is -0.134. The van der Waals surface area contributed by atoms with Crippen molar-refractivity contribution in [1.82, 2.24) is 25.3 Å². The molecule has 2 aliphatic rings. The van der Waals surface area contributed by atoms with Crippen LogP contribution in [0.15, 0.2) is 4.99 Å². The minimum absolute atomic E-state index is 0.248. The number of methoxy groups -OCH3 is 1. The average Bonchev–Trinajstić information content (AvgIpc) is 3.45. The van der Waals surface area contributed by atoms with Gasteiger partial charge in [-0.2, -0.15) is 5.10 Å². The Balaban J connectivity index is 1.50. The molecule has 0 radical (unpaired) electrons. The number of guanidine groups is 1. The number of ether oxygens (including phenoxy) is 1. The number of aliphatic imine (C=N–C) groups is 1. The molecule has 1 amide bonds. The number of rotatable bonds is 7. The highest BCUT2D eigenvalue weighted by atomic mass is 16.5. The van der Waals surface area contributed by atoms with E-state index >= 15 is 0 Å². The summed E-state index contributed by atoms with van der Waals surface area (Å²) in [5, 5.41) is 11.5. The van der Waals surface area contributed by atoms with Crippen LogP contribution in [0.25, 0.3) is 0 Å². The number of carbonyl (C=O) groups excluding carboxylic acids is 1. The average molecular weight is 405 g/mol. The number of aromatic nitrogens is 2. The van der Waals surface area contributed by atoms with Crippen LogP contribution in [0.5, 0.6) is 0 Å². The van der Waals surface area contributed by atoms with Gasteiger partial charge in [0.05, 0.1) is 18.8 Å². The van der Waals surface area contributed by atoms with E-state index in [9.17, 15) is 4.79 Å². The van der Waals surface area contributed by atoms with Crippen molar-refractivity contribution in [2.45, 2.75) is 65.1 Å². The SMILES string of the molecule is CN=C(NCc1c(C)nn(CCOC)c1C)NC1CCN(C(=O)C2CCCC2)C1. The highest BCUT2D eigenvalue weighted by Gasteiger charge is 2.32. The van der Waals surface area contributed by atoms with Crippen molar-refractivity contribution in [2.24, 2.45) is 10.9 Å². The van der Waals surface area contributed by atoms with Crippen molar-refractivity contribution in [3.63, 3.8) is 0 Å². The first-order chi connectivity index (χ1) is 14.0. The first kappa shape index (κ1) is 21.6. The Labute approximate surface area is 174 Å². The zero-order valence-corrected chi connectivity index (χ0v) is 18.3. The fourth-order valence-electron chi connectivity index (χ4n) is 4.45. The summed E-state index contributed by atoms with van der Waals surface area (Å²) in [6.07, 6.45) is 5.49. The van der Waals surface area contributed by atoms with E-state index in [0.29, 0.717) is 19.1 Å². The third kappa shape index (κ3) is 5.29. The summed E-state index contributed by atoms with van der Waals surface area (Å²) >= 11 is 0. The third-order valence-electron chi connectivity index (χ3n) is 6.24. The minimum Gasteiger partial charge on any atom is -0.383 e. The Morgan fingerprint density at radius 3 is 2.72 bits per heavy atom. The van der Waals surface area contributed by atoms with Gasteiger partial charge in [0.15, 0.2) is 5.96 Å². The normalized spacial score (nSPS) is 20.5. The van der Waals surface area contributed by atoms with Crippen LogP contribution in [-0.2, 0) is 22.6 Å². The minimum atomic E-state index is 0.248. The van der Waals surface area contributed by atoms with Gasteiger partial charge in [0.1, 0.15) is 0 Å². The molecule has 1 saturated heterocycles. The number of aryl methyl sites for hydroxylation is 1. The molecule has 1 aliphatic carbocycles. The molecule has 1 unspecified atom stereocenters. The zero-order valence-electron chi connectivity index (χ0n) is 18.3. The Hall–Kier alpha value is -2.09. The second-order valence-corrected chi connectivity index (χ2v) is 8.19. The number of hydrogen-bond acceptors (Lipinski definition) is 4. The van der Waals surface area contributed by atoms with Crippen molar-refractivity contribution in [3.05, 3.63) is 17.0 Å². The standard InChI is InChI=1S/C21H36N6O2/c1-15-19(16(2)27(25-15)11-12-29-4)13-23-21(22-3)24-18-9-10-26(14-18)20(28)17-7-5-6-8-17/h17-18H,5-14H2,1-4H3,(H2,22,23,24). The lowest BCUT2D eigenvalue weighted by Crippen LogP contribution is -2.45. The van der Waals surface area contributed by atoms with E-state index in [1.807, 2.05) is 16.5 Å². The van der Waals surface area contributed by atoms with Crippen LogP contribution in [0.4, 0.5) is 0 Å². The van der Waals surface area contributed by atoms with Gasteiger partial charge in [-0.3, -0.25) is 14.5 Å². The van der Waals surface area contributed by atoms with Crippen LogP contribution in [0.2, 0.25) is 0 Å². The molecule has 1 atom stereocenters. The first-order valence-electron chi connectivity index (χ1n) is 10.8. The van der Waals surface area contributed by atoms with Crippen LogP contribution in [-0.4, -0.2) is 66.4 Å². The number of likely N-dealkylation sites (tertiary alicyclic amines) is 1. The Bertz CT molecular complexity index is 723. The van der Waals surface area contributed by atoms with Crippen LogP contribution >= 0.6 is 0 Å². The summed E-state index contributed by atoms with van der Waals surface area (Å²) in [7, 11) is 3.49. The van der Waals surface area contributed by atoms with Crippen molar-refractivity contribution in [1.29, 1.82) is 0 Å². The smallest absolute Gasteiger partial charge is 0.225 e. The molecule has 0 spiro atoms. The molecule has 2 heterocycles. The molecule has 8 nitrogen and oxygen atoms in total. The van der Waals surface area contributed by atoms with Crippen LogP contribution < -0.4 is 10.6 Å². The van der Waals surface area contributed by atoms with E-state index in [0.717, 1.165) is 56.2 Å². The second kappa shape index (κ2) is 10.1. The molecule has 1 aliphatic heterocycles. The third-order valence-corrected chi connectivity index (χ3v) is 6.24. The largest absolute Gasteiger partial charge is 0.383 e. The molecular weight excluding hydrogens is 368 g/mol. The van der Waals surface area contributed by atoms with Gasteiger partial charge in [-0.1, -0.05) is 12.8 Å². The lowest BCUT2D eigenvalue weighted by atomic mass is 10.1. The fourth-order valence-corrected chi connectivity index (χ4v) is 4.45. The summed E-state index contributed by atoms with van der Waals surface area (Å²) in [6.45, 7) is 7.80. The number of nitrogens with zero attached hydrogens (tertiary/aromatic N) is 4. The summed E-state index contributed by atoms with van der Waals surface area (Å²) in [4.78, 5) is 19.1. The van der Waals surface area contributed by atoms with Crippen molar-refractivity contribution >= 4 is 11.9 Å². The number of nitrogens with one attached hydrogen (secondary N) is 2. The highest BCUT2D eigenvalue weighted by molar-refractivity contribution is 5.81. The van der Waals surface area contributed by atoms with E-state index in [2.05, 4.69) is 27.6 Å². The molecule has 1 aromatic rings. The van der Waals surface area contributed by atoms with Gasteiger partial charge >= 0.3 is 0 Å². The maximum atomic E-state index is 12.6. The first-order valence-corrected chi connectivity index (χ1v) is 10.8. The van der Waals surface area contributed by atoms with Gasteiger partial charge in [0.2, 0.25) is 5.91 Å². The van der Waals surface area contributed by atoms with Gasteiger partial charge in [-0.15, -0.1) is 0 Å². The molecule has 3 rings (SSSR count). The number of hydrogen-bond donors (Lipinski definition) is 2. The summed E-state index contributed by atoms with van der Waals surface area (Å²) in [5.74, 6) is 1.38. The molecule has 2 N–H and O–H groups in total. The molecule has 1 aromatic heterocycles. The Morgan fingerprint density at radius 2 is 2.03 bits per heavy atom. The molecule has 0 aromatic carbocycles. The van der Waals surface area contributed by atoms with Gasteiger partial charge in [0.25, 0.3) is 0 Å². The summed E-state index contributed by atoms with van der Waals surface area (Å²) < 4.78 is 7.16. The lowest BCUT2D eigenvalue weighted by Gasteiger charge is -2.21. The molecular formula is C21H36N6O2. The topological polar surface area (TPSA) is 83.8 Å². The second-order valence-electron chi connectivity index (χ2n) is 8.19. The molecule has 2 fully saturated rings. The molecule has 162 valence electrons. The van der Waals surface area contributed by atoms with E-state index < -0.39 is 0 Å². The predicted molar refractivity (Wildman–Crippen MR) is 114 cm³/mol. The summed E-state index contributed by atoms with van der Waals surface area (Å²) in [5.41, 5.74) is 3.36. The quantitative estimate of drug-likeness (QED) is 0.533. The van der Waals surface area contributed by atoms with Gasteiger partial charge in [0, 0.05) is 57.0 Å². The maximum Gasteiger partial charge on any atom is 0.225 e. The number of carbonyl (C=O) groups is 1. The zero-order chi connectivity index (χ0) is 20.8. The fraction of sp³-hybridized carbons (Fsp3) is 0.762. The van der Waals surface area contributed by atoms with E-state index in [1.54, 1.807) is 14.2 Å². The van der Waals surface area contributed by atoms with Gasteiger partial charge in [-0.05, 0) is 33.1 Å². The summed E-state index contributed by atoms with van der Waals surface area (Å²) in [6, 6.07) is 0.248. The molecule has 8 heteroatoms. The van der Waals surface area contributed by atoms with E-state index in [4.69, 9.17) is 4.74 Å². The van der Waals surface area contributed by atoms with Crippen molar-refractivity contribution in [3.8, 4) is 0 Å². The number of amides is 1. The molecule has 0 bridgehead atoms. The highest BCUT2D eigenvalue weighted by Crippen LogP contribution is 2.27. The van der Waals surface area contributed by atoms with Gasteiger partial charge < -0.3 is 20.3 Å². The van der Waals surface area contributed by atoms with Crippen molar-refractivity contribution < 1.29 is 9.53 Å². The maximum absolute atomic E-state index is 12.6. The van der Waals surface area contributed by atoms with Crippen LogP contribution in [0.1, 0.15) is 49.1 Å². The molecule has 1 saturated carbocycles. The monoisotopic (exact) mass is 404 g/mol. The van der Waals surface area contributed by atoms with Gasteiger partial charge in [-0.25, -0.2) is 0 Å². The van der Waals surface area contributed by atoms with Crippen LogP contribution in [0, 0.1) is 19.8 Å². The molecule has 29 heavy (non-hydrogen) atoms. The van der Waals surface area contributed by atoms with Crippen LogP contribution in [0.3, 0.4) is 0 Å². The Morgan fingerprint density at radius 1 is 1.28 bits per heavy atom. The van der Waals surface area contributed by atoms with E-state index in [1.165, 1.54) is 18.4 Å². The van der Waals surface area contributed by atoms with Crippen molar-refractivity contribution in [2.75, 3.05) is 33.9 Å². The van der Waals surface area contributed by atoms with E-state index in [-0.39, 0.29) is 12.0 Å². The Kier molecular flexibility index (Phi) is 7.52.